The van der Waals surface area contributed by atoms with Crippen molar-refractivity contribution >= 4 is 15.9 Å². The summed E-state index contributed by atoms with van der Waals surface area (Å²) in [5.41, 5.74) is 7.01. The molecule has 2 unspecified atom stereocenters. The predicted octanol–water partition coefficient (Wildman–Crippen LogP) is 2.95. The van der Waals surface area contributed by atoms with Crippen LogP contribution in [0.2, 0.25) is 0 Å². The van der Waals surface area contributed by atoms with Gasteiger partial charge < -0.3 is 10.3 Å². The van der Waals surface area contributed by atoms with Crippen LogP contribution < -0.4 is 5.73 Å². The monoisotopic (exact) mass is 336 g/mol. The number of hydrogen-bond donors (Lipinski definition) is 1. The van der Waals surface area contributed by atoms with Crippen LogP contribution in [0.15, 0.2) is 27.5 Å². The first-order valence-electron chi connectivity index (χ1n) is 6.91. The molecule has 0 spiro atoms. The highest BCUT2D eigenvalue weighted by molar-refractivity contribution is 9.10. The Bertz CT molecular complexity index is 586. The van der Waals surface area contributed by atoms with Crippen molar-refractivity contribution in [3.8, 4) is 11.4 Å². The fourth-order valence-corrected chi connectivity index (χ4v) is 3.07. The molecule has 0 radical (unpaired) electrons. The molecule has 0 saturated heterocycles. The Morgan fingerprint density at radius 2 is 2.15 bits per heavy atom. The Hall–Kier alpha value is -1.27. The maximum Gasteiger partial charge on any atom is 0.227 e. The average molecular weight is 337 g/mol. The molecule has 2 aromatic rings. The van der Waals surface area contributed by atoms with Crippen LogP contribution in [-0.4, -0.2) is 21.2 Å². The Morgan fingerprint density at radius 3 is 2.95 bits per heavy atom. The van der Waals surface area contributed by atoms with Crippen LogP contribution in [0.1, 0.15) is 31.6 Å². The second kappa shape index (κ2) is 6.01. The summed E-state index contributed by atoms with van der Waals surface area (Å²) in [7, 11) is 0. The van der Waals surface area contributed by atoms with Crippen molar-refractivity contribution in [2.24, 2.45) is 11.7 Å². The van der Waals surface area contributed by atoms with Crippen molar-refractivity contribution in [1.29, 1.82) is 0 Å². The van der Waals surface area contributed by atoms with E-state index >= 15 is 0 Å². The zero-order valence-corrected chi connectivity index (χ0v) is 12.7. The number of nitrogens with two attached hydrogens (primary N) is 1. The van der Waals surface area contributed by atoms with Crippen LogP contribution >= 0.6 is 15.9 Å². The number of hydrogen-bond acceptors (Lipinski definition) is 5. The van der Waals surface area contributed by atoms with Crippen molar-refractivity contribution in [2.75, 3.05) is 0 Å². The minimum atomic E-state index is 0.256. The van der Waals surface area contributed by atoms with Crippen LogP contribution in [0.25, 0.3) is 11.4 Å². The van der Waals surface area contributed by atoms with Gasteiger partial charge in [0.05, 0.1) is 0 Å². The third-order valence-corrected chi connectivity index (χ3v) is 4.27. The van der Waals surface area contributed by atoms with E-state index in [2.05, 4.69) is 31.1 Å². The van der Waals surface area contributed by atoms with Gasteiger partial charge in [-0.1, -0.05) is 18.0 Å². The van der Waals surface area contributed by atoms with Gasteiger partial charge in [-0.15, -0.1) is 0 Å². The lowest BCUT2D eigenvalue weighted by Crippen LogP contribution is -2.34. The minimum Gasteiger partial charge on any atom is -0.339 e. The quantitative estimate of drug-likeness (QED) is 0.932. The summed E-state index contributed by atoms with van der Waals surface area (Å²) in [6, 6.07) is 2.18. The molecule has 0 amide bonds. The molecule has 1 aliphatic rings. The van der Waals surface area contributed by atoms with Crippen molar-refractivity contribution in [3.05, 3.63) is 28.8 Å². The van der Waals surface area contributed by atoms with Gasteiger partial charge >= 0.3 is 0 Å². The van der Waals surface area contributed by atoms with Crippen LogP contribution in [-0.2, 0) is 6.42 Å². The van der Waals surface area contributed by atoms with Gasteiger partial charge in [-0.2, -0.15) is 4.98 Å². The van der Waals surface area contributed by atoms with Gasteiger partial charge in [0, 0.05) is 34.9 Å². The molecule has 2 N–H and O–H groups in total. The first-order chi connectivity index (χ1) is 9.72. The maximum atomic E-state index is 6.16. The molecule has 6 heteroatoms. The van der Waals surface area contributed by atoms with E-state index in [4.69, 9.17) is 10.3 Å². The minimum absolute atomic E-state index is 0.256. The maximum absolute atomic E-state index is 6.16. The molecule has 2 aromatic heterocycles. The second-order valence-electron chi connectivity index (χ2n) is 5.32. The molecule has 1 saturated carbocycles. The zero-order valence-electron chi connectivity index (χ0n) is 11.1. The summed E-state index contributed by atoms with van der Waals surface area (Å²) >= 11 is 3.39. The van der Waals surface area contributed by atoms with Crippen molar-refractivity contribution < 1.29 is 4.52 Å². The van der Waals surface area contributed by atoms with Gasteiger partial charge in [-0.25, -0.2) is 0 Å². The Kier molecular flexibility index (Phi) is 4.12. The molecule has 1 fully saturated rings. The zero-order chi connectivity index (χ0) is 13.9. The molecule has 106 valence electrons. The summed E-state index contributed by atoms with van der Waals surface area (Å²) in [6.45, 7) is 0. The van der Waals surface area contributed by atoms with Gasteiger partial charge in [-0.05, 0) is 40.8 Å². The molecule has 1 aliphatic carbocycles. The van der Waals surface area contributed by atoms with E-state index in [1.165, 1.54) is 12.8 Å². The standard InChI is InChI=1S/C14H17BrN4O/c15-11-5-10(7-17-8-11)14-18-13(20-19-14)6-9-3-1-2-4-12(9)16/h5,7-9,12H,1-4,6,16H2. The van der Waals surface area contributed by atoms with Gasteiger partial charge in [0.1, 0.15) is 0 Å². The van der Waals surface area contributed by atoms with Gasteiger partial charge in [0.15, 0.2) is 0 Å². The molecule has 2 atom stereocenters. The molecule has 0 aromatic carbocycles. The Morgan fingerprint density at radius 1 is 1.30 bits per heavy atom. The van der Waals surface area contributed by atoms with Crippen LogP contribution in [0, 0.1) is 5.92 Å². The summed E-state index contributed by atoms with van der Waals surface area (Å²) in [5, 5.41) is 4.03. The molecular weight excluding hydrogens is 320 g/mol. The SMILES string of the molecule is NC1CCCCC1Cc1nc(-c2cncc(Br)c2)no1. The lowest BCUT2D eigenvalue weighted by Gasteiger charge is -2.27. The van der Waals surface area contributed by atoms with E-state index in [0.717, 1.165) is 29.3 Å². The average Bonchev–Trinajstić information content (AvgIpc) is 2.90. The van der Waals surface area contributed by atoms with Gasteiger partial charge in [0.2, 0.25) is 11.7 Å². The molecule has 3 rings (SSSR count). The summed E-state index contributed by atoms with van der Waals surface area (Å²) in [5.74, 6) is 1.71. The van der Waals surface area contributed by atoms with E-state index < -0.39 is 0 Å². The summed E-state index contributed by atoms with van der Waals surface area (Å²) < 4.78 is 6.25. The van der Waals surface area contributed by atoms with Crippen molar-refractivity contribution in [1.82, 2.24) is 15.1 Å². The fourth-order valence-electron chi connectivity index (χ4n) is 2.70. The first-order valence-corrected chi connectivity index (χ1v) is 7.71. The molecule has 0 aliphatic heterocycles. The molecular formula is C14H17BrN4O. The Balaban J connectivity index is 1.73. The van der Waals surface area contributed by atoms with Crippen molar-refractivity contribution in [3.63, 3.8) is 0 Å². The molecule has 2 heterocycles. The predicted molar refractivity (Wildman–Crippen MR) is 78.9 cm³/mol. The van der Waals surface area contributed by atoms with E-state index in [0.29, 0.717) is 17.6 Å². The number of rotatable bonds is 3. The first kappa shape index (κ1) is 13.7. The number of aromatic nitrogens is 3. The van der Waals surface area contributed by atoms with E-state index in [-0.39, 0.29) is 6.04 Å². The largest absolute Gasteiger partial charge is 0.339 e. The van der Waals surface area contributed by atoms with Crippen LogP contribution in [0.3, 0.4) is 0 Å². The Labute approximate surface area is 126 Å². The highest BCUT2D eigenvalue weighted by Gasteiger charge is 2.24. The van der Waals surface area contributed by atoms with E-state index in [1.54, 1.807) is 12.4 Å². The molecule has 5 nitrogen and oxygen atoms in total. The second-order valence-corrected chi connectivity index (χ2v) is 6.23. The van der Waals surface area contributed by atoms with Gasteiger partial charge in [-0.3, -0.25) is 4.98 Å². The van der Waals surface area contributed by atoms with Crippen LogP contribution in [0.4, 0.5) is 0 Å². The molecule has 0 bridgehead atoms. The van der Waals surface area contributed by atoms with Crippen LogP contribution in [0.5, 0.6) is 0 Å². The fraction of sp³-hybridized carbons (Fsp3) is 0.500. The third-order valence-electron chi connectivity index (χ3n) is 3.84. The van der Waals surface area contributed by atoms with Gasteiger partial charge in [0.25, 0.3) is 0 Å². The van der Waals surface area contributed by atoms with E-state index in [1.807, 2.05) is 6.07 Å². The highest BCUT2D eigenvalue weighted by Crippen LogP contribution is 2.26. The van der Waals surface area contributed by atoms with E-state index in [9.17, 15) is 0 Å². The lowest BCUT2D eigenvalue weighted by atomic mass is 9.83. The normalized spacial score (nSPS) is 22.9. The summed E-state index contributed by atoms with van der Waals surface area (Å²) in [6.07, 6.45) is 8.96. The number of nitrogens with zero attached hydrogens (tertiary/aromatic N) is 3. The number of halogens is 1. The summed E-state index contributed by atoms with van der Waals surface area (Å²) in [4.78, 5) is 8.57. The topological polar surface area (TPSA) is 77.8 Å². The smallest absolute Gasteiger partial charge is 0.227 e. The van der Waals surface area contributed by atoms with Crippen molar-refractivity contribution in [2.45, 2.75) is 38.1 Å². The lowest BCUT2D eigenvalue weighted by molar-refractivity contribution is 0.273. The highest BCUT2D eigenvalue weighted by atomic mass is 79.9. The third kappa shape index (κ3) is 3.07. The molecule has 20 heavy (non-hydrogen) atoms. The number of pyridine rings is 1.